The van der Waals surface area contributed by atoms with Crippen molar-refractivity contribution < 1.29 is 4.39 Å². The van der Waals surface area contributed by atoms with Gasteiger partial charge in [0.05, 0.1) is 12.2 Å². The minimum absolute atomic E-state index is 0.134. The zero-order valence-corrected chi connectivity index (χ0v) is 9.93. The topological polar surface area (TPSA) is 107 Å². The van der Waals surface area contributed by atoms with Gasteiger partial charge in [0.2, 0.25) is 11.1 Å². The Morgan fingerprint density at radius 1 is 1.50 bits per heavy atom. The van der Waals surface area contributed by atoms with E-state index >= 15 is 0 Å². The number of tetrazole rings is 1. The van der Waals surface area contributed by atoms with Crippen molar-refractivity contribution in [2.45, 2.75) is 29.1 Å². The summed E-state index contributed by atoms with van der Waals surface area (Å²) >= 11 is 1.05. The SMILES string of the molecule is NNc1ncc(F)c(Sc2nnnn2C2CC2)n1. The van der Waals surface area contributed by atoms with E-state index in [1.807, 2.05) is 0 Å². The monoisotopic (exact) mass is 268 g/mol. The van der Waals surface area contributed by atoms with E-state index in [2.05, 4.69) is 30.9 Å². The molecule has 0 unspecified atom stereocenters. The zero-order chi connectivity index (χ0) is 12.5. The Balaban J connectivity index is 1.89. The van der Waals surface area contributed by atoms with Crippen LogP contribution in [0.5, 0.6) is 0 Å². The van der Waals surface area contributed by atoms with Crippen molar-refractivity contribution in [3.8, 4) is 0 Å². The molecule has 0 radical (unpaired) electrons. The second-order valence-corrected chi connectivity index (χ2v) is 4.69. The molecule has 1 saturated carbocycles. The number of nitrogens with zero attached hydrogens (tertiary/aromatic N) is 6. The second kappa shape index (κ2) is 4.46. The molecule has 2 aromatic rings. The number of nitrogens with one attached hydrogen (secondary N) is 1. The van der Waals surface area contributed by atoms with Gasteiger partial charge in [0.25, 0.3) is 0 Å². The summed E-state index contributed by atoms with van der Waals surface area (Å²) < 4.78 is 15.2. The van der Waals surface area contributed by atoms with Gasteiger partial charge in [0.1, 0.15) is 5.03 Å². The first-order chi connectivity index (χ1) is 8.78. The minimum atomic E-state index is -0.538. The van der Waals surface area contributed by atoms with Crippen LogP contribution in [0.15, 0.2) is 16.4 Å². The molecule has 0 spiro atoms. The molecule has 2 heterocycles. The molecule has 3 rings (SSSR count). The van der Waals surface area contributed by atoms with Crippen molar-refractivity contribution in [3.63, 3.8) is 0 Å². The third-order valence-electron chi connectivity index (χ3n) is 2.38. The third-order valence-corrected chi connectivity index (χ3v) is 3.32. The molecular weight excluding hydrogens is 259 g/mol. The van der Waals surface area contributed by atoms with Gasteiger partial charge in [-0.1, -0.05) is 0 Å². The summed E-state index contributed by atoms with van der Waals surface area (Å²) in [5.41, 5.74) is 2.26. The minimum Gasteiger partial charge on any atom is -0.292 e. The van der Waals surface area contributed by atoms with Crippen LogP contribution in [0.2, 0.25) is 0 Å². The van der Waals surface area contributed by atoms with E-state index in [0.717, 1.165) is 30.8 Å². The number of hydrogen-bond donors (Lipinski definition) is 2. The van der Waals surface area contributed by atoms with Crippen LogP contribution in [0.4, 0.5) is 10.3 Å². The Kier molecular flexibility index (Phi) is 2.80. The Labute approximate surface area is 105 Å². The molecule has 0 bridgehead atoms. The van der Waals surface area contributed by atoms with E-state index < -0.39 is 5.82 Å². The van der Waals surface area contributed by atoms with Gasteiger partial charge in [0, 0.05) is 0 Å². The molecule has 0 aromatic carbocycles. The first-order valence-electron chi connectivity index (χ1n) is 5.23. The number of rotatable bonds is 4. The van der Waals surface area contributed by atoms with Gasteiger partial charge < -0.3 is 0 Å². The number of hydrogen-bond acceptors (Lipinski definition) is 8. The summed E-state index contributed by atoms with van der Waals surface area (Å²) in [7, 11) is 0. The Bertz CT molecular complexity index is 568. The maximum Gasteiger partial charge on any atom is 0.238 e. The average molecular weight is 268 g/mol. The molecule has 0 aliphatic heterocycles. The van der Waals surface area contributed by atoms with Gasteiger partial charge in [-0.05, 0) is 35.0 Å². The molecule has 2 aromatic heterocycles. The lowest BCUT2D eigenvalue weighted by Crippen LogP contribution is -2.11. The molecule has 10 heteroatoms. The van der Waals surface area contributed by atoms with Crippen LogP contribution in [-0.2, 0) is 0 Å². The average Bonchev–Trinajstić information content (AvgIpc) is 3.13. The Morgan fingerprint density at radius 2 is 2.33 bits per heavy atom. The van der Waals surface area contributed by atoms with Crippen molar-refractivity contribution in [1.82, 2.24) is 30.2 Å². The van der Waals surface area contributed by atoms with Crippen LogP contribution in [0.25, 0.3) is 0 Å². The lowest BCUT2D eigenvalue weighted by molar-refractivity contribution is 0.560. The molecule has 18 heavy (non-hydrogen) atoms. The highest BCUT2D eigenvalue weighted by Gasteiger charge is 2.28. The lowest BCUT2D eigenvalue weighted by atomic mass is 10.6. The van der Waals surface area contributed by atoms with E-state index in [0.29, 0.717) is 11.2 Å². The van der Waals surface area contributed by atoms with Crippen molar-refractivity contribution in [3.05, 3.63) is 12.0 Å². The van der Waals surface area contributed by atoms with Crippen LogP contribution in [0.1, 0.15) is 18.9 Å². The van der Waals surface area contributed by atoms with Gasteiger partial charge in [0.15, 0.2) is 5.82 Å². The van der Waals surface area contributed by atoms with E-state index in [1.165, 1.54) is 0 Å². The lowest BCUT2D eigenvalue weighted by Gasteiger charge is -2.04. The predicted molar refractivity (Wildman–Crippen MR) is 60.0 cm³/mol. The van der Waals surface area contributed by atoms with Crippen molar-refractivity contribution in [1.29, 1.82) is 0 Å². The van der Waals surface area contributed by atoms with E-state index in [4.69, 9.17) is 5.84 Å². The van der Waals surface area contributed by atoms with Gasteiger partial charge >= 0.3 is 0 Å². The standard InChI is InChI=1S/C8H9FN8S/c9-5-3-11-7(13-10)12-6(5)18-8-14-15-16-17(8)4-1-2-4/h3-4H,1-2,10H2,(H,11,12,13). The molecule has 8 nitrogen and oxygen atoms in total. The van der Waals surface area contributed by atoms with Crippen LogP contribution in [0, 0.1) is 5.82 Å². The number of aromatic nitrogens is 6. The van der Waals surface area contributed by atoms with Crippen molar-refractivity contribution in [2.75, 3.05) is 5.43 Å². The van der Waals surface area contributed by atoms with E-state index in [-0.39, 0.29) is 11.0 Å². The van der Waals surface area contributed by atoms with Gasteiger partial charge in [-0.15, -0.1) is 5.10 Å². The third kappa shape index (κ3) is 2.11. The largest absolute Gasteiger partial charge is 0.292 e. The Hall–Kier alpha value is -1.81. The highest BCUT2D eigenvalue weighted by atomic mass is 32.2. The second-order valence-electron chi connectivity index (χ2n) is 3.73. The summed E-state index contributed by atoms with van der Waals surface area (Å²) in [5.74, 6) is 4.78. The molecule has 0 atom stereocenters. The number of anilines is 1. The molecule has 0 saturated heterocycles. The number of nitrogens with two attached hydrogens (primary N) is 1. The highest BCUT2D eigenvalue weighted by Crippen LogP contribution is 2.37. The molecule has 1 aliphatic carbocycles. The smallest absolute Gasteiger partial charge is 0.238 e. The normalized spacial score (nSPS) is 14.8. The quantitative estimate of drug-likeness (QED) is 0.465. The molecule has 1 aliphatic rings. The Morgan fingerprint density at radius 3 is 3.06 bits per heavy atom. The molecule has 1 fully saturated rings. The first-order valence-corrected chi connectivity index (χ1v) is 6.04. The summed E-state index contributed by atoms with van der Waals surface area (Å²) in [5, 5.41) is 12.0. The van der Waals surface area contributed by atoms with Crippen LogP contribution in [0.3, 0.4) is 0 Å². The molecule has 0 amide bonds. The van der Waals surface area contributed by atoms with Crippen molar-refractivity contribution >= 4 is 17.7 Å². The van der Waals surface area contributed by atoms with E-state index in [9.17, 15) is 4.39 Å². The van der Waals surface area contributed by atoms with Crippen LogP contribution < -0.4 is 11.3 Å². The summed E-state index contributed by atoms with van der Waals surface area (Å²) in [4.78, 5) is 7.58. The fourth-order valence-corrected chi connectivity index (χ4v) is 2.19. The van der Waals surface area contributed by atoms with Crippen molar-refractivity contribution in [2.24, 2.45) is 5.84 Å². The first kappa shape index (κ1) is 11.3. The maximum absolute atomic E-state index is 13.6. The summed E-state index contributed by atoms with van der Waals surface area (Å²) in [6.07, 6.45) is 3.14. The van der Waals surface area contributed by atoms with Crippen LogP contribution in [-0.4, -0.2) is 30.2 Å². The molecular formula is C8H9FN8S. The number of hydrazine groups is 1. The molecule has 94 valence electrons. The van der Waals surface area contributed by atoms with Gasteiger partial charge in [-0.2, -0.15) is 0 Å². The summed E-state index contributed by atoms with van der Waals surface area (Å²) in [6.45, 7) is 0. The zero-order valence-electron chi connectivity index (χ0n) is 9.12. The fourth-order valence-electron chi connectivity index (χ4n) is 1.38. The molecule has 3 N–H and O–H groups in total. The van der Waals surface area contributed by atoms with Gasteiger partial charge in [-0.25, -0.2) is 24.9 Å². The van der Waals surface area contributed by atoms with Crippen LogP contribution >= 0.6 is 11.8 Å². The predicted octanol–water partition coefficient (Wildman–Crippen LogP) is 0.374. The van der Waals surface area contributed by atoms with Gasteiger partial charge in [-0.3, -0.25) is 5.43 Å². The van der Waals surface area contributed by atoms with E-state index in [1.54, 1.807) is 4.68 Å². The maximum atomic E-state index is 13.6. The number of nitrogen functional groups attached to an aromatic ring is 1. The number of halogens is 1. The highest BCUT2D eigenvalue weighted by molar-refractivity contribution is 7.99. The fraction of sp³-hybridized carbons (Fsp3) is 0.375. The summed E-state index contributed by atoms with van der Waals surface area (Å²) in [6, 6.07) is 0.319.